The van der Waals surface area contributed by atoms with Gasteiger partial charge in [0.15, 0.2) is 23.2 Å². The molecule has 0 aromatic heterocycles. The summed E-state index contributed by atoms with van der Waals surface area (Å²) in [4.78, 5) is 12.4. The summed E-state index contributed by atoms with van der Waals surface area (Å²) in [6, 6.07) is 13.8. The van der Waals surface area contributed by atoms with Crippen LogP contribution in [0.3, 0.4) is 0 Å². The van der Waals surface area contributed by atoms with Crippen LogP contribution in [0.25, 0.3) is 11.1 Å². The van der Waals surface area contributed by atoms with Crippen LogP contribution in [0.2, 0.25) is 0 Å². The van der Waals surface area contributed by atoms with Gasteiger partial charge < -0.3 is 14.6 Å². The molecule has 1 aliphatic carbocycles. The number of aliphatic hydroxyl groups is 1. The van der Waals surface area contributed by atoms with E-state index in [0.29, 0.717) is 49.0 Å². The molecule has 0 amide bonds. The lowest BCUT2D eigenvalue weighted by molar-refractivity contribution is 0.0193. The Labute approximate surface area is 202 Å². The predicted molar refractivity (Wildman–Crippen MR) is 126 cm³/mol. The van der Waals surface area contributed by atoms with E-state index in [9.17, 15) is 18.0 Å². The van der Waals surface area contributed by atoms with E-state index in [-0.39, 0.29) is 35.5 Å². The first-order valence-corrected chi connectivity index (χ1v) is 11.7. The molecule has 0 radical (unpaired) electrons. The fourth-order valence-electron chi connectivity index (χ4n) is 4.50. The SMILES string of the molecule is CCOc1ccc(C(=O)OC2CCC(c3ccc(-c4ccc(CO)cc4)c(F)c3F)CC2)cc1F. The molecule has 1 fully saturated rings. The number of halogens is 3. The molecule has 4 nitrogen and oxygen atoms in total. The highest BCUT2D eigenvalue weighted by atomic mass is 19.2. The van der Waals surface area contributed by atoms with Gasteiger partial charge in [-0.15, -0.1) is 0 Å². The predicted octanol–water partition coefficient (Wildman–Crippen LogP) is 6.55. The van der Waals surface area contributed by atoms with E-state index in [0.717, 1.165) is 6.07 Å². The highest BCUT2D eigenvalue weighted by molar-refractivity contribution is 5.89. The minimum absolute atomic E-state index is 0.0759. The van der Waals surface area contributed by atoms with Crippen LogP contribution < -0.4 is 4.74 Å². The van der Waals surface area contributed by atoms with E-state index in [2.05, 4.69) is 0 Å². The maximum atomic E-state index is 15.0. The summed E-state index contributed by atoms with van der Waals surface area (Å²) in [5.74, 6) is -3.12. The molecule has 0 heterocycles. The second-order valence-corrected chi connectivity index (χ2v) is 8.64. The highest BCUT2D eigenvalue weighted by Gasteiger charge is 2.28. The standard InChI is InChI=1S/C28H27F3O4/c1-2-34-25-14-9-20(15-24(25)29)28(33)35-21-10-7-19(8-11-21)23-13-12-22(26(30)27(23)31)18-5-3-17(16-32)4-6-18/h3-6,9,12-15,19,21,32H,2,7-8,10-11,16H2,1H3. The van der Waals surface area contributed by atoms with Gasteiger partial charge in [-0.25, -0.2) is 18.0 Å². The van der Waals surface area contributed by atoms with E-state index >= 15 is 0 Å². The van der Waals surface area contributed by atoms with Crippen molar-refractivity contribution in [3.63, 3.8) is 0 Å². The van der Waals surface area contributed by atoms with Crippen LogP contribution >= 0.6 is 0 Å². The fourth-order valence-corrected chi connectivity index (χ4v) is 4.50. The Hall–Kier alpha value is -3.32. The summed E-state index contributed by atoms with van der Waals surface area (Å²) in [6.45, 7) is 1.93. The van der Waals surface area contributed by atoms with Gasteiger partial charge >= 0.3 is 5.97 Å². The summed E-state index contributed by atoms with van der Waals surface area (Å²) in [5.41, 5.74) is 1.81. The van der Waals surface area contributed by atoms with Gasteiger partial charge in [-0.05, 0) is 73.4 Å². The Morgan fingerprint density at radius 2 is 1.66 bits per heavy atom. The number of rotatable bonds is 7. The van der Waals surface area contributed by atoms with Crippen molar-refractivity contribution in [3.05, 3.63) is 88.7 Å². The molecule has 35 heavy (non-hydrogen) atoms. The van der Waals surface area contributed by atoms with E-state index in [4.69, 9.17) is 14.6 Å². The van der Waals surface area contributed by atoms with Crippen molar-refractivity contribution in [2.45, 2.75) is 51.2 Å². The topological polar surface area (TPSA) is 55.8 Å². The molecule has 0 atom stereocenters. The Kier molecular flexibility index (Phi) is 7.76. The molecule has 0 unspecified atom stereocenters. The molecule has 1 aliphatic rings. The Morgan fingerprint density at radius 3 is 2.29 bits per heavy atom. The smallest absolute Gasteiger partial charge is 0.338 e. The van der Waals surface area contributed by atoms with Gasteiger partial charge in [0.2, 0.25) is 0 Å². The van der Waals surface area contributed by atoms with Crippen LogP contribution in [0.1, 0.15) is 60.0 Å². The first-order valence-electron chi connectivity index (χ1n) is 11.7. The number of carbonyl (C=O) groups is 1. The maximum Gasteiger partial charge on any atom is 0.338 e. The van der Waals surface area contributed by atoms with Crippen molar-refractivity contribution >= 4 is 5.97 Å². The molecule has 0 aliphatic heterocycles. The number of hydrogen-bond donors (Lipinski definition) is 1. The number of aliphatic hydroxyl groups excluding tert-OH is 1. The minimum atomic E-state index is -0.898. The lowest BCUT2D eigenvalue weighted by Crippen LogP contribution is -2.24. The van der Waals surface area contributed by atoms with Crippen LogP contribution in [0.15, 0.2) is 54.6 Å². The third-order valence-corrected chi connectivity index (χ3v) is 6.41. The van der Waals surface area contributed by atoms with Gasteiger partial charge in [-0.3, -0.25) is 0 Å². The second kappa shape index (κ2) is 11.0. The van der Waals surface area contributed by atoms with E-state index in [1.54, 1.807) is 43.3 Å². The maximum absolute atomic E-state index is 15.0. The molecule has 7 heteroatoms. The zero-order valence-corrected chi connectivity index (χ0v) is 19.4. The highest BCUT2D eigenvalue weighted by Crippen LogP contribution is 2.38. The summed E-state index contributed by atoms with van der Waals surface area (Å²) in [6.07, 6.45) is 1.71. The van der Waals surface area contributed by atoms with Gasteiger partial charge in [-0.2, -0.15) is 0 Å². The Balaban J connectivity index is 1.39. The lowest BCUT2D eigenvalue weighted by Gasteiger charge is -2.29. The summed E-state index contributed by atoms with van der Waals surface area (Å²) in [7, 11) is 0. The normalized spacial score (nSPS) is 17.7. The number of esters is 1. The lowest BCUT2D eigenvalue weighted by atomic mass is 9.82. The van der Waals surface area contributed by atoms with Gasteiger partial charge in [0, 0.05) is 5.56 Å². The molecular formula is C28H27F3O4. The molecule has 1 N–H and O–H groups in total. The van der Waals surface area contributed by atoms with E-state index in [1.807, 2.05) is 0 Å². The summed E-state index contributed by atoms with van der Waals surface area (Å²) in [5, 5.41) is 9.16. The van der Waals surface area contributed by atoms with Crippen molar-refractivity contribution < 1.29 is 32.5 Å². The third-order valence-electron chi connectivity index (χ3n) is 6.41. The van der Waals surface area contributed by atoms with E-state index in [1.165, 1.54) is 12.1 Å². The summed E-state index contributed by atoms with van der Waals surface area (Å²) < 4.78 is 54.6. The van der Waals surface area contributed by atoms with Crippen molar-refractivity contribution in [1.82, 2.24) is 0 Å². The molecule has 4 rings (SSSR count). The third kappa shape index (κ3) is 5.51. The Morgan fingerprint density at radius 1 is 0.943 bits per heavy atom. The second-order valence-electron chi connectivity index (χ2n) is 8.64. The van der Waals surface area contributed by atoms with Gasteiger partial charge in [-0.1, -0.05) is 36.4 Å². The average Bonchev–Trinajstić information content (AvgIpc) is 2.87. The first-order chi connectivity index (χ1) is 16.9. The zero-order chi connectivity index (χ0) is 24.9. The van der Waals surface area contributed by atoms with Crippen molar-refractivity contribution in [2.75, 3.05) is 6.61 Å². The van der Waals surface area contributed by atoms with Crippen LogP contribution in [0.4, 0.5) is 13.2 Å². The van der Waals surface area contributed by atoms with Crippen LogP contribution in [0, 0.1) is 17.5 Å². The molecule has 0 spiro atoms. The molecule has 0 bridgehead atoms. The zero-order valence-electron chi connectivity index (χ0n) is 19.4. The molecule has 3 aromatic rings. The van der Waals surface area contributed by atoms with Crippen molar-refractivity contribution in [3.8, 4) is 16.9 Å². The molecule has 0 saturated heterocycles. The van der Waals surface area contributed by atoms with Gasteiger partial charge in [0.1, 0.15) is 6.10 Å². The molecular weight excluding hydrogens is 457 g/mol. The number of ether oxygens (including phenoxy) is 2. The number of carbonyl (C=O) groups excluding carboxylic acids is 1. The Bertz CT molecular complexity index is 1190. The van der Waals surface area contributed by atoms with Crippen molar-refractivity contribution in [2.24, 2.45) is 0 Å². The quantitative estimate of drug-likeness (QED) is 0.387. The molecule has 1 saturated carbocycles. The number of hydrogen-bond acceptors (Lipinski definition) is 4. The fraction of sp³-hybridized carbons (Fsp3) is 0.321. The molecule has 3 aromatic carbocycles. The van der Waals surface area contributed by atoms with E-state index < -0.39 is 23.4 Å². The molecule has 184 valence electrons. The van der Waals surface area contributed by atoms with Crippen LogP contribution in [0.5, 0.6) is 5.75 Å². The largest absolute Gasteiger partial charge is 0.491 e. The average molecular weight is 485 g/mol. The van der Waals surface area contributed by atoms with Crippen LogP contribution in [-0.4, -0.2) is 23.8 Å². The van der Waals surface area contributed by atoms with Gasteiger partial charge in [0.05, 0.1) is 18.8 Å². The van der Waals surface area contributed by atoms with Crippen LogP contribution in [-0.2, 0) is 11.3 Å². The van der Waals surface area contributed by atoms with Gasteiger partial charge in [0.25, 0.3) is 0 Å². The minimum Gasteiger partial charge on any atom is -0.491 e. The van der Waals surface area contributed by atoms with Crippen molar-refractivity contribution in [1.29, 1.82) is 0 Å². The summed E-state index contributed by atoms with van der Waals surface area (Å²) >= 11 is 0. The first kappa shape index (κ1) is 24.8. The monoisotopic (exact) mass is 484 g/mol. The number of benzene rings is 3.